The molecular formula is C21H22FN3O5S. The monoisotopic (exact) mass is 447 g/mol. The molecule has 2 N–H and O–H groups in total. The maximum Gasteiger partial charge on any atom is 0.269 e. The molecule has 31 heavy (non-hydrogen) atoms. The van der Waals surface area contributed by atoms with Crippen LogP contribution in [0.15, 0.2) is 47.4 Å². The van der Waals surface area contributed by atoms with Crippen molar-refractivity contribution in [3.63, 3.8) is 0 Å². The zero-order chi connectivity index (χ0) is 22.8. The SMILES string of the molecule is CC(C)N1C(=O)c2ccc(C(=O)NCCNC(=O)Cc3ccc(F)cc3)cc2S1(=O)=O. The zero-order valence-electron chi connectivity index (χ0n) is 17.0. The van der Waals surface area contributed by atoms with E-state index in [1.54, 1.807) is 13.8 Å². The zero-order valence-corrected chi connectivity index (χ0v) is 17.8. The van der Waals surface area contributed by atoms with Gasteiger partial charge in [0.25, 0.3) is 21.8 Å². The van der Waals surface area contributed by atoms with Crippen LogP contribution in [0.1, 0.15) is 40.1 Å². The molecule has 1 heterocycles. The number of nitrogens with one attached hydrogen (secondary N) is 2. The van der Waals surface area contributed by atoms with E-state index in [0.29, 0.717) is 5.56 Å². The summed E-state index contributed by atoms with van der Waals surface area (Å²) in [5, 5.41) is 5.23. The summed E-state index contributed by atoms with van der Waals surface area (Å²) in [5.41, 5.74) is 0.795. The maximum atomic E-state index is 12.9. The van der Waals surface area contributed by atoms with E-state index in [4.69, 9.17) is 0 Å². The van der Waals surface area contributed by atoms with Gasteiger partial charge in [-0.1, -0.05) is 12.1 Å². The van der Waals surface area contributed by atoms with Gasteiger partial charge in [0.15, 0.2) is 0 Å². The minimum absolute atomic E-state index is 0.0401. The molecule has 3 rings (SSSR count). The summed E-state index contributed by atoms with van der Waals surface area (Å²) >= 11 is 0. The van der Waals surface area contributed by atoms with Crippen molar-refractivity contribution >= 4 is 27.7 Å². The van der Waals surface area contributed by atoms with Crippen LogP contribution in [0.3, 0.4) is 0 Å². The van der Waals surface area contributed by atoms with Crippen LogP contribution < -0.4 is 10.6 Å². The Balaban J connectivity index is 1.55. The predicted molar refractivity (Wildman–Crippen MR) is 110 cm³/mol. The minimum Gasteiger partial charge on any atom is -0.354 e. The number of benzene rings is 2. The number of carbonyl (C=O) groups excluding carboxylic acids is 3. The molecular weight excluding hydrogens is 425 g/mol. The van der Waals surface area contributed by atoms with Crippen LogP contribution >= 0.6 is 0 Å². The third kappa shape index (κ3) is 4.74. The topological polar surface area (TPSA) is 113 Å². The highest BCUT2D eigenvalue weighted by Crippen LogP contribution is 2.32. The van der Waals surface area contributed by atoms with Gasteiger partial charge in [0.1, 0.15) is 10.7 Å². The fraction of sp³-hybridized carbons (Fsp3) is 0.286. The largest absolute Gasteiger partial charge is 0.354 e. The van der Waals surface area contributed by atoms with Gasteiger partial charge in [0.05, 0.1) is 12.0 Å². The van der Waals surface area contributed by atoms with Crippen LogP contribution in [0.5, 0.6) is 0 Å². The molecule has 0 radical (unpaired) electrons. The Morgan fingerprint density at radius 1 is 1.03 bits per heavy atom. The normalized spacial score (nSPS) is 14.5. The summed E-state index contributed by atoms with van der Waals surface area (Å²) in [6.45, 7) is 3.47. The van der Waals surface area contributed by atoms with Crippen molar-refractivity contribution in [2.75, 3.05) is 13.1 Å². The summed E-state index contributed by atoms with van der Waals surface area (Å²) in [6, 6.07) is 8.94. The van der Waals surface area contributed by atoms with Crippen LogP contribution in [-0.2, 0) is 21.2 Å². The Bertz CT molecular complexity index is 1130. The summed E-state index contributed by atoms with van der Waals surface area (Å²) in [4.78, 5) is 36.4. The smallest absolute Gasteiger partial charge is 0.269 e. The number of halogens is 1. The number of rotatable bonds is 7. The highest BCUT2D eigenvalue weighted by Gasteiger charge is 2.42. The van der Waals surface area contributed by atoms with E-state index in [0.717, 1.165) is 4.31 Å². The van der Waals surface area contributed by atoms with Gasteiger partial charge in [-0.3, -0.25) is 14.4 Å². The lowest BCUT2D eigenvalue weighted by molar-refractivity contribution is -0.120. The molecule has 164 valence electrons. The molecule has 0 spiro atoms. The van der Waals surface area contributed by atoms with Crippen molar-refractivity contribution in [1.29, 1.82) is 0 Å². The van der Waals surface area contributed by atoms with Crippen molar-refractivity contribution in [3.8, 4) is 0 Å². The molecule has 0 aromatic heterocycles. The van der Waals surface area contributed by atoms with Crippen LogP contribution in [-0.4, -0.2) is 49.6 Å². The number of nitrogens with zero attached hydrogens (tertiary/aromatic N) is 1. The average molecular weight is 447 g/mol. The molecule has 2 aromatic rings. The third-order valence-corrected chi connectivity index (χ3v) is 6.69. The van der Waals surface area contributed by atoms with E-state index in [1.165, 1.54) is 42.5 Å². The Labute approximate surface area is 179 Å². The lowest BCUT2D eigenvalue weighted by Crippen LogP contribution is -2.36. The van der Waals surface area contributed by atoms with Crippen LogP contribution in [0.4, 0.5) is 4.39 Å². The second-order valence-electron chi connectivity index (χ2n) is 7.32. The van der Waals surface area contributed by atoms with Gasteiger partial charge in [0.2, 0.25) is 5.91 Å². The standard InChI is InChI=1S/C21H22FN3O5S/c1-13(2)25-21(28)17-8-5-15(12-18(17)31(25,29)30)20(27)24-10-9-23-19(26)11-14-3-6-16(22)7-4-14/h3-8,12-13H,9-11H2,1-2H3,(H,23,26)(H,24,27). The second kappa shape index (κ2) is 8.84. The molecule has 1 aliphatic rings. The Hall–Kier alpha value is -3.27. The Morgan fingerprint density at radius 2 is 1.68 bits per heavy atom. The van der Waals surface area contributed by atoms with Crippen molar-refractivity contribution in [3.05, 3.63) is 65.0 Å². The van der Waals surface area contributed by atoms with Gasteiger partial charge in [-0.05, 0) is 49.7 Å². The molecule has 0 saturated carbocycles. The summed E-state index contributed by atoms with van der Waals surface area (Å²) in [7, 11) is -4.00. The first-order valence-electron chi connectivity index (χ1n) is 9.63. The first-order chi connectivity index (χ1) is 14.6. The number of sulfonamides is 1. The highest BCUT2D eigenvalue weighted by atomic mass is 32.2. The second-order valence-corrected chi connectivity index (χ2v) is 9.10. The maximum absolute atomic E-state index is 12.9. The number of carbonyl (C=O) groups is 3. The van der Waals surface area contributed by atoms with Gasteiger partial charge in [-0.15, -0.1) is 0 Å². The fourth-order valence-electron chi connectivity index (χ4n) is 3.23. The Morgan fingerprint density at radius 3 is 2.32 bits per heavy atom. The lowest BCUT2D eigenvalue weighted by Gasteiger charge is -2.18. The number of hydrogen-bond donors (Lipinski definition) is 2. The van der Waals surface area contributed by atoms with Crippen molar-refractivity contribution < 1.29 is 27.2 Å². The van der Waals surface area contributed by atoms with Crippen LogP contribution in [0.2, 0.25) is 0 Å². The van der Waals surface area contributed by atoms with E-state index in [1.807, 2.05) is 0 Å². The van der Waals surface area contributed by atoms with Crippen molar-refractivity contribution in [2.45, 2.75) is 31.2 Å². The minimum atomic E-state index is -4.00. The van der Waals surface area contributed by atoms with Gasteiger partial charge < -0.3 is 10.6 Å². The van der Waals surface area contributed by atoms with Crippen LogP contribution in [0, 0.1) is 5.82 Å². The van der Waals surface area contributed by atoms with Crippen LogP contribution in [0.25, 0.3) is 0 Å². The summed E-state index contributed by atoms with van der Waals surface area (Å²) in [6.07, 6.45) is 0.0806. The molecule has 3 amide bonds. The molecule has 8 nitrogen and oxygen atoms in total. The van der Waals surface area contributed by atoms with Gasteiger partial charge in [-0.25, -0.2) is 17.1 Å². The first-order valence-corrected chi connectivity index (χ1v) is 11.1. The molecule has 0 saturated heterocycles. The highest BCUT2D eigenvalue weighted by molar-refractivity contribution is 7.90. The first kappa shape index (κ1) is 22.4. The quantitative estimate of drug-likeness (QED) is 0.624. The number of hydrogen-bond acceptors (Lipinski definition) is 5. The van der Waals surface area contributed by atoms with Gasteiger partial charge >= 0.3 is 0 Å². The third-order valence-electron chi connectivity index (χ3n) is 4.69. The van der Waals surface area contributed by atoms with Crippen molar-refractivity contribution in [2.24, 2.45) is 0 Å². The summed E-state index contributed by atoms with van der Waals surface area (Å²) < 4.78 is 38.9. The van der Waals surface area contributed by atoms with E-state index in [2.05, 4.69) is 10.6 Å². The number of amides is 3. The Kier molecular flexibility index (Phi) is 6.40. The predicted octanol–water partition coefficient (Wildman–Crippen LogP) is 1.47. The van der Waals surface area contributed by atoms with Gasteiger partial charge in [0, 0.05) is 24.7 Å². The molecule has 10 heteroatoms. The lowest BCUT2D eigenvalue weighted by atomic mass is 10.1. The molecule has 2 aromatic carbocycles. The number of fused-ring (bicyclic) bond motifs is 1. The molecule has 0 aliphatic carbocycles. The van der Waals surface area contributed by atoms with Gasteiger partial charge in [-0.2, -0.15) is 0 Å². The molecule has 0 bridgehead atoms. The molecule has 1 aliphatic heterocycles. The van der Waals surface area contributed by atoms with Crippen molar-refractivity contribution in [1.82, 2.24) is 14.9 Å². The summed E-state index contributed by atoms with van der Waals surface area (Å²) in [5.74, 6) is -1.80. The molecule has 0 fully saturated rings. The molecule has 0 atom stereocenters. The molecule has 0 unspecified atom stereocenters. The van der Waals surface area contributed by atoms with E-state index in [-0.39, 0.29) is 47.3 Å². The average Bonchev–Trinajstić information content (AvgIpc) is 2.92. The fourth-order valence-corrected chi connectivity index (χ4v) is 5.02. The van der Waals surface area contributed by atoms with E-state index >= 15 is 0 Å². The van der Waals surface area contributed by atoms with E-state index < -0.39 is 27.9 Å². The van der Waals surface area contributed by atoms with E-state index in [9.17, 15) is 27.2 Å².